The molecule has 0 aromatic heterocycles. The minimum Gasteiger partial charge on any atom is -0.393 e. The molecule has 0 bridgehead atoms. The van der Waals surface area contributed by atoms with Crippen LogP contribution in [0.15, 0.2) is 99.2 Å². The van der Waals surface area contributed by atoms with Crippen molar-refractivity contribution in [2.24, 2.45) is 57.3 Å². The number of nitrogens with zero attached hydrogens (tertiary/aromatic N) is 3. The van der Waals surface area contributed by atoms with Crippen LogP contribution >= 0.6 is 0 Å². The standard InChI is InChI=1S/C94H154N6O18/c1-14-17-28-78(31-34-85(103)62-86(95)74(9)59-75(10)89(105)63-88(104)73(8)27-22-20-18-19-21-26-72(7)84-64-94(65-84,118-91(107)69-101)37-36-71(6)77(12)102)32-35-90(106)97-38-40-109-42-44-111-46-48-113-50-52-115-54-56-117-58-57-116-55-53-114-51-49-112-47-45-110-43-41-108-39-24-23-29-81-60-79(30-33-82(81)66-96-13)68-100-87(16-3)92(70(4)5)93(99-100)83-61-80(25-15-2)76(11)98-67-83/h3,15,18-21,25-26,30,33,59-60,67,69,71,73-74,76,78,80,83-87,89,91,96,103,105,107H,14,17,22-24,27-29,31-32,34-58,61-66,68,95H2,1-2,4-13H3,(H,97,106)/b20-18+,21-19+,25-15-,72-26+,75-59+/t71-,73?,74?,76?,78?,80?,83+,84?,85?,86+,87-,89?,91-,94?/m1/s1. The molecule has 12 atom stereocenters. The van der Waals surface area contributed by atoms with Gasteiger partial charge >= 0.3 is 0 Å². The fourth-order valence-corrected chi connectivity index (χ4v) is 14.8. The van der Waals surface area contributed by atoms with E-state index in [1.807, 2.05) is 71.2 Å². The largest absolute Gasteiger partial charge is 0.393 e. The van der Waals surface area contributed by atoms with Crippen LogP contribution in [0.1, 0.15) is 208 Å². The average molecular weight is 1660 g/mol. The van der Waals surface area contributed by atoms with Gasteiger partial charge in [0, 0.05) is 68.1 Å². The number of Topliss-reactive ketones (excluding diaryl/α,β-unsaturated/α-hetero) is 2. The van der Waals surface area contributed by atoms with Gasteiger partial charge in [0.2, 0.25) is 12.2 Å². The number of ketones is 2. The molecule has 1 aromatic carbocycles. The van der Waals surface area contributed by atoms with Crippen molar-refractivity contribution in [3.8, 4) is 12.3 Å². The van der Waals surface area contributed by atoms with Crippen LogP contribution in [0.3, 0.4) is 0 Å². The Morgan fingerprint density at radius 2 is 1.32 bits per heavy atom. The summed E-state index contributed by atoms with van der Waals surface area (Å²) in [6.07, 6.45) is 35.9. The van der Waals surface area contributed by atoms with Crippen LogP contribution in [0.4, 0.5) is 0 Å². The first-order valence-electron chi connectivity index (χ1n) is 44.1. The topological polar surface area (TPSA) is 309 Å². The van der Waals surface area contributed by atoms with Gasteiger partial charge in [0.25, 0.3) is 0 Å². The number of aldehydes is 1. The molecule has 668 valence electrons. The maximum atomic E-state index is 13.1. The molecule has 3 aliphatic rings. The molecule has 7 N–H and O–H groups in total. The Kier molecular flexibility index (Phi) is 56.0. The molecule has 0 spiro atoms. The van der Waals surface area contributed by atoms with Gasteiger partial charge in [0.1, 0.15) is 17.6 Å². The molecule has 4 rings (SSSR count). The van der Waals surface area contributed by atoms with Gasteiger partial charge in [-0.25, -0.2) is 0 Å². The van der Waals surface area contributed by atoms with Crippen molar-refractivity contribution >= 4 is 35.7 Å². The second kappa shape index (κ2) is 63.2. The minimum absolute atomic E-state index is 0.00377. The Labute approximate surface area is 709 Å². The number of hydrazone groups is 1. The second-order valence-corrected chi connectivity index (χ2v) is 32.5. The number of carbonyl (C=O) groups excluding carboxylic acids is 4. The van der Waals surface area contributed by atoms with E-state index in [0.29, 0.717) is 227 Å². The first-order chi connectivity index (χ1) is 57.0. The maximum Gasteiger partial charge on any atom is 0.220 e. The van der Waals surface area contributed by atoms with Gasteiger partial charge in [-0.05, 0) is 191 Å². The number of ether oxygens (including phenoxy) is 11. The predicted octanol–water partition coefficient (Wildman–Crippen LogP) is 12.7. The van der Waals surface area contributed by atoms with Gasteiger partial charge in [-0.2, -0.15) is 5.10 Å². The van der Waals surface area contributed by atoms with Gasteiger partial charge in [-0.15, -0.1) is 6.42 Å². The Morgan fingerprint density at radius 1 is 0.729 bits per heavy atom. The summed E-state index contributed by atoms with van der Waals surface area (Å²) in [6.45, 7) is 33.2. The van der Waals surface area contributed by atoms with Crippen LogP contribution in [-0.2, 0) is 90.8 Å². The third kappa shape index (κ3) is 43.8. The van der Waals surface area contributed by atoms with Gasteiger partial charge in [-0.3, -0.25) is 29.2 Å². The van der Waals surface area contributed by atoms with Crippen LogP contribution in [0.25, 0.3) is 0 Å². The van der Waals surface area contributed by atoms with E-state index >= 15 is 0 Å². The number of rotatable bonds is 71. The molecular formula is C94H154N6O18. The number of allylic oxidation sites excluding steroid dienone is 8. The SMILES string of the molecule is C#C[C@@H]1C(=C(C)C)C([C@@H]2C=NC(C)C(/C=C\C)C2)=NN1Cc1ccc(CNC)c(CCCCOCCOCCOCCOCCOCCOCCOCCOCCOCCOCCNC(=O)CCC(CCCC)CCC(O)C[C@H](N)C(C)/C=C(\C)C(O)CC(=O)C(C)CC/C=C/C=C/C=C(\C)C2CC(CC[C@@H](C)C(C)=O)(O[C@@H](O)C=O)C2)c1. The van der Waals surface area contributed by atoms with E-state index in [2.05, 4.69) is 99.7 Å². The van der Waals surface area contributed by atoms with Crippen LogP contribution in [0.5, 0.6) is 0 Å². The number of aliphatic hydroxyl groups excluding tert-OH is 3. The van der Waals surface area contributed by atoms with Gasteiger partial charge < -0.3 is 83.8 Å². The molecule has 1 saturated carbocycles. The van der Waals surface area contributed by atoms with Crippen molar-refractivity contribution in [3.05, 3.63) is 106 Å². The summed E-state index contributed by atoms with van der Waals surface area (Å²) in [5, 5.41) is 45.6. The number of nitrogens with two attached hydrogens (primary N) is 1. The number of aryl methyl sites for hydroxylation is 1. The number of aliphatic imine (C=N–C) groups is 1. The van der Waals surface area contributed by atoms with Gasteiger partial charge in [-0.1, -0.05) is 131 Å². The van der Waals surface area contributed by atoms with E-state index in [9.17, 15) is 34.5 Å². The zero-order valence-corrected chi connectivity index (χ0v) is 74.2. The van der Waals surface area contributed by atoms with E-state index in [1.54, 1.807) is 6.92 Å². The molecule has 0 radical (unpaired) electrons. The first-order valence-corrected chi connectivity index (χ1v) is 44.1. The lowest BCUT2D eigenvalue weighted by molar-refractivity contribution is -0.217. The van der Waals surface area contributed by atoms with Gasteiger partial charge in [0.15, 0.2) is 6.29 Å². The number of nitrogens with one attached hydrogen (secondary N) is 2. The zero-order valence-electron chi connectivity index (χ0n) is 74.2. The monoisotopic (exact) mass is 1660 g/mol. The highest BCUT2D eigenvalue weighted by Crippen LogP contribution is 2.48. The smallest absolute Gasteiger partial charge is 0.220 e. The lowest BCUT2D eigenvalue weighted by Crippen LogP contribution is -2.49. The molecule has 1 aromatic rings. The Bertz CT molecular complexity index is 3250. The van der Waals surface area contributed by atoms with Crippen LogP contribution < -0.4 is 16.4 Å². The highest BCUT2D eigenvalue weighted by Gasteiger charge is 2.47. The first kappa shape index (κ1) is 105. The van der Waals surface area contributed by atoms with Crippen molar-refractivity contribution in [2.75, 3.05) is 146 Å². The summed E-state index contributed by atoms with van der Waals surface area (Å²) in [5.74, 6) is 3.75. The maximum absolute atomic E-state index is 13.1. The Morgan fingerprint density at radius 3 is 1.87 bits per heavy atom. The molecule has 2 heterocycles. The Balaban J connectivity index is 0.890. The third-order valence-corrected chi connectivity index (χ3v) is 22.5. The molecule has 1 fully saturated rings. The van der Waals surface area contributed by atoms with E-state index in [1.165, 1.54) is 27.8 Å². The molecule has 24 nitrogen and oxygen atoms in total. The molecule has 118 heavy (non-hydrogen) atoms. The second-order valence-electron chi connectivity index (χ2n) is 32.5. The molecule has 0 saturated heterocycles. The van der Waals surface area contributed by atoms with E-state index < -0.39 is 24.1 Å². The van der Waals surface area contributed by atoms with Gasteiger partial charge in [0.05, 0.1) is 162 Å². The highest BCUT2D eigenvalue weighted by molar-refractivity contribution is 6.12. The van der Waals surface area contributed by atoms with Crippen molar-refractivity contribution < 1.29 is 86.6 Å². The highest BCUT2D eigenvalue weighted by atomic mass is 16.6. The fraction of sp³-hybridized carbons (Fsp3) is 0.723. The summed E-state index contributed by atoms with van der Waals surface area (Å²) in [5.41, 5.74) is 15.1. The van der Waals surface area contributed by atoms with Crippen LogP contribution in [-0.4, -0.2) is 244 Å². The molecular weight excluding hydrogens is 1500 g/mol. The van der Waals surface area contributed by atoms with Crippen molar-refractivity contribution in [1.29, 1.82) is 0 Å². The number of hydrogen-bond donors (Lipinski definition) is 6. The summed E-state index contributed by atoms with van der Waals surface area (Å²) in [6, 6.07) is 6.48. The van der Waals surface area contributed by atoms with E-state index in [4.69, 9.17) is 74.4 Å². The van der Waals surface area contributed by atoms with Crippen molar-refractivity contribution in [2.45, 2.75) is 253 Å². The summed E-state index contributed by atoms with van der Waals surface area (Å²) >= 11 is 0. The fourth-order valence-electron chi connectivity index (χ4n) is 14.8. The van der Waals surface area contributed by atoms with Crippen LogP contribution in [0, 0.1) is 53.8 Å². The van der Waals surface area contributed by atoms with Crippen LogP contribution in [0.2, 0.25) is 0 Å². The lowest BCUT2D eigenvalue weighted by Gasteiger charge is -2.49. The third-order valence-electron chi connectivity index (χ3n) is 22.5. The number of unbranched alkanes of at least 4 members (excludes halogenated alkanes) is 2. The number of amides is 1. The molecule has 2 aliphatic heterocycles. The molecule has 1 aliphatic carbocycles. The lowest BCUT2D eigenvalue weighted by atomic mass is 9.65. The zero-order chi connectivity index (χ0) is 86.1. The number of carbonyl (C=O) groups is 4. The van der Waals surface area contributed by atoms with E-state index in [0.717, 1.165) is 75.6 Å². The summed E-state index contributed by atoms with van der Waals surface area (Å²) < 4.78 is 62.3. The number of benzene rings is 1. The van der Waals surface area contributed by atoms with Crippen molar-refractivity contribution in [1.82, 2.24) is 15.6 Å². The predicted molar refractivity (Wildman–Crippen MR) is 468 cm³/mol. The quantitative estimate of drug-likeness (QED) is 0.00881. The number of terminal acetylenes is 1. The average Bonchev–Trinajstić information content (AvgIpc) is 1.22. The van der Waals surface area contributed by atoms with Crippen molar-refractivity contribution in [3.63, 3.8) is 0 Å². The normalized spacial score (nSPS) is 20.6. The summed E-state index contributed by atoms with van der Waals surface area (Å²) in [7, 11) is 1.99. The molecule has 1 amide bonds. The van der Waals surface area contributed by atoms with E-state index in [-0.39, 0.29) is 71.6 Å². The molecule has 7 unspecified atom stereocenters. The number of hydrogen-bond acceptors (Lipinski definition) is 23. The summed E-state index contributed by atoms with van der Waals surface area (Å²) in [4.78, 5) is 53.7. The number of aliphatic hydroxyl groups is 3. The molecule has 24 heteroatoms. The Hall–Kier alpha value is -5.80. The minimum atomic E-state index is -1.48.